The first-order valence-electron chi connectivity index (χ1n) is 7.87. The van der Waals surface area contributed by atoms with Crippen molar-refractivity contribution in [2.24, 2.45) is 7.05 Å². The van der Waals surface area contributed by atoms with Crippen LogP contribution in [0.2, 0.25) is 0 Å². The van der Waals surface area contributed by atoms with Crippen molar-refractivity contribution in [2.45, 2.75) is 65.0 Å². The highest BCUT2D eigenvalue weighted by molar-refractivity contribution is 5.13. The minimum Gasteiger partial charge on any atom is -0.377 e. The van der Waals surface area contributed by atoms with Crippen LogP contribution in [0.3, 0.4) is 0 Å². The molecule has 0 bridgehead atoms. The van der Waals surface area contributed by atoms with E-state index in [2.05, 4.69) is 44.2 Å². The van der Waals surface area contributed by atoms with E-state index in [1.165, 1.54) is 5.69 Å². The monoisotopic (exact) mass is 281 g/mol. The van der Waals surface area contributed by atoms with E-state index in [0.29, 0.717) is 6.04 Å². The van der Waals surface area contributed by atoms with E-state index in [4.69, 9.17) is 4.74 Å². The summed E-state index contributed by atoms with van der Waals surface area (Å²) in [5.74, 6) is 0. The van der Waals surface area contributed by atoms with Gasteiger partial charge in [-0.25, -0.2) is 0 Å². The minimum absolute atomic E-state index is 0.105. The number of aromatic nitrogens is 2. The molecule has 0 saturated carbocycles. The van der Waals surface area contributed by atoms with E-state index in [1.54, 1.807) is 0 Å². The van der Waals surface area contributed by atoms with Crippen LogP contribution in [0.5, 0.6) is 0 Å². The lowest BCUT2D eigenvalue weighted by Crippen LogP contribution is -2.53. The van der Waals surface area contributed by atoms with Crippen molar-refractivity contribution in [3.8, 4) is 0 Å². The van der Waals surface area contributed by atoms with Gasteiger partial charge in [0.1, 0.15) is 0 Å². The molecule has 0 radical (unpaired) electrons. The molecule has 0 spiro atoms. The van der Waals surface area contributed by atoms with Gasteiger partial charge >= 0.3 is 0 Å². The first-order chi connectivity index (χ1) is 9.56. The molecular formula is C16H31N3O. The largest absolute Gasteiger partial charge is 0.377 e. The van der Waals surface area contributed by atoms with Gasteiger partial charge in [-0.1, -0.05) is 27.7 Å². The average Bonchev–Trinajstić information content (AvgIpc) is 2.82. The molecule has 1 heterocycles. The molecule has 1 unspecified atom stereocenters. The maximum absolute atomic E-state index is 5.90. The quantitative estimate of drug-likeness (QED) is 0.756. The van der Waals surface area contributed by atoms with E-state index in [1.807, 2.05) is 18.8 Å². The number of aryl methyl sites for hydroxylation is 2. The van der Waals surface area contributed by atoms with Crippen molar-refractivity contribution >= 4 is 0 Å². The lowest BCUT2D eigenvalue weighted by atomic mass is 9.85. The number of nitrogens with zero attached hydrogens (tertiary/aromatic N) is 2. The van der Waals surface area contributed by atoms with Crippen molar-refractivity contribution in [1.29, 1.82) is 0 Å². The molecule has 4 nitrogen and oxygen atoms in total. The molecule has 0 aliphatic heterocycles. The average molecular weight is 281 g/mol. The third-order valence-electron chi connectivity index (χ3n) is 4.49. The highest BCUT2D eigenvalue weighted by Crippen LogP contribution is 2.26. The molecule has 0 fully saturated rings. The van der Waals surface area contributed by atoms with Crippen LogP contribution in [0, 0.1) is 0 Å². The molecule has 116 valence electrons. The number of nitrogens with one attached hydrogen (secondary N) is 1. The Morgan fingerprint density at radius 1 is 1.30 bits per heavy atom. The molecule has 1 aromatic rings. The molecule has 1 rings (SSSR count). The summed E-state index contributed by atoms with van der Waals surface area (Å²) in [6.45, 7) is 9.66. The number of rotatable bonds is 9. The Bertz CT molecular complexity index is 388. The summed E-state index contributed by atoms with van der Waals surface area (Å²) in [6.07, 6.45) is 3.95. The van der Waals surface area contributed by atoms with Crippen LogP contribution < -0.4 is 5.32 Å². The Hall–Kier alpha value is -0.870. The van der Waals surface area contributed by atoms with E-state index >= 15 is 0 Å². The molecule has 0 aliphatic rings. The molecule has 0 amide bonds. The lowest BCUT2D eigenvalue weighted by molar-refractivity contribution is -0.0472. The predicted octanol–water partition coefficient (Wildman–Crippen LogP) is 2.71. The lowest BCUT2D eigenvalue weighted by Gasteiger charge is -2.39. The van der Waals surface area contributed by atoms with Crippen LogP contribution in [0.25, 0.3) is 0 Å². The van der Waals surface area contributed by atoms with Crippen LogP contribution in [0.4, 0.5) is 0 Å². The molecular weight excluding hydrogens is 250 g/mol. The molecule has 4 heteroatoms. The zero-order chi connectivity index (χ0) is 15.2. The SMILES string of the molecule is CCNC(Cc1cc(CC)nn1C)C(CC)(CC)OC. The number of hydrogen-bond acceptors (Lipinski definition) is 3. The second-order valence-corrected chi connectivity index (χ2v) is 5.39. The second kappa shape index (κ2) is 7.79. The first kappa shape index (κ1) is 17.2. The summed E-state index contributed by atoms with van der Waals surface area (Å²) >= 11 is 0. The molecule has 20 heavy (non-hydrogen) atoms. The Labute approximate surface area is 123 Å². The van der Waals surface area contributed by atoms with Gasteiger partial charge in [0.05, 0.1) is 11.3 Å². The third-order valence-corrected chi connectivity index (χ3v) is 4.49. The Kier molecular flexibility index (Phi) is 6.69. The summed E-state index contributed by atoms with van der Waals surface area (Å²) in [6, 6.07) is 2.53. The number of likely N-dealkylation sites (N-methyl/N-ethyl adjacent to an activating group) is 1. The number of ether oxygens (including phenoxy) is 1. The minimum atomic E-state index is -0.105. The van der Waals surface area contributed by atoms with Crippen molar-refractivity contribution in [2.75, 3.05) is 13.7 Å². The van der Waals surface area contributed by atoms with Gasteiger partial charge in [0, 0.05) is 32.3 Å². The van der Waals surface area contributed by atoms with Crippen molar-refractivity contribution < 1.29 is 4.74 Å². The Balaban J connectivity index is 2.98. The van der Waals surface area contributed by atoms with Crippen LogP contribution >= 0.6 is 0 Å². The van der Waals surface area contributed by atoms with Gasteiger partial charge in [0.2, 0.25) is 0 Å². The zero-order valence-corrected chi connectivity index (χ0v) is 14.0. The van der Waals surface area contributed by atoms with Gasteiger partial charge in [0.25, 0.3) is 0 Å². The van der Waals surface area contributed by atoms with Crippen molar-refractivity contribution in [3.63, 3.8) is 0 Å². The summed E-state index contributed by atoms with van der Waals surface area (Å²) in [5.41, 5.74) is 2.33. The van der Waals surface area contributed by atoms with E-state index < -0.39 is 0 Å². The Morgan fingerprint density at radius 3 is 2.35 bits per heavy atom. The molecule has 1 aromatic heterocycles. The van der Waals surface area contributed by atoms with E-state index in [0.717, 1.165) is 37.9 Å². The Morgan fingerprint density at radius 2 is 1.95 bits per heavy atom. The highest BCUT2D eigenvalue weighted by Gasteiger charge is 2.35. The number of methoxy groups -OCH3 is 1. The van der Waals surface area contributed by atoms with E-state index in [-0.39, 0.29) is 5.60 Å². The predicted molar refractivity (Wildman–Crippen MR) is 84.1 cm³/mol. The van der Waals surface area contributed by atoms with Crippen LogP contribution in [-0.2, 0) is 24.6 Å². The van der Waals surface area contributed by atoms with Crippen LogP contribution in [0.15, 0.2) is 6.07 Å². The summed E-state index contributed by atoms with van der Waals surface area (Å²) in [7, 11) is 3.86. The normalized spacial score (nSPS) is 13.7. The van der Waals surface area contributed by atoms with Gasteiger partial charge < -0.3 is 10.1 Å². The van der Waals surface area contributed by atoms with Gasteiger partial charge in [-0.3, -0.25) is 4.68 Å². The maximum Gasteiger partial charge on any atom is 0.0829 e. The number of hydrogen-bond donors (Lipinski definition) is 1. The van der Waals surface area contributed by atoms with Crippen molar-refractivity contribution in [3.05, 3.63) is 17.5 Å². The van der Waals surface area contributed by atoms with Gasteiger partial charge in [-0.05, 0) is 31.9 Å². The summed E-state index contributed by atoms with van der Waals surface area (Å²) < 4.78 is 7.91. The fraction of sp³-hybridized carbons (Fsp3) is 0.812. The van der Waals surface area contributed by atoms with Crippen LogP contribution in [0.1, 0.15) is 51.9 Å². The summed E-state index contributed by atoms with van der Waals surface area (Å²) in [4.78, 5) is 0. The molecule has 1 atom stereocenters. The van der Waals surface area contributed by atoms with Crippen molar-refractivity contribution in [1.82, 2.24) is 15.1 Å². The summed E-state index contributed by atoms with van der Waals surface area (Å²) in [5, 5.41) is 8.16. The third kappa shape index (κ3) is 3.61. The van der Waals surface area contributed by atoms with Crippen LogP contribution in [-0.4, -0.2) is 35.1 Å². The molecule has 0 aromatic carbocycles. The van der Waals surface area contributed by atoms with Gasteiger partial charge in [-0.2, -0.15) is 5.10 Å². The maximum atomic E-state index is 5.90. The van der Waals surface area contributed by atoms with E-state index in [9.17, 15) is 0 Å². The topological polar surface area (TPSA) is 39.1 Å². The highest BCUT2D eigenvalue weighted by atomic mass is 16.5. The zero-order valence-electron chi connectivity index (χ0n) is 14.0. The smallest absolute Gasteiger partial charge is 0.0829 e. The standard InChI is InChI=1S/C16H31N3O/c1-7-13-11-14(19(5)18-13)12-15(17-10-4)16(8-2,9-3)20-6/h11,15,17H,7-10,12H2,1-6H3. The van der Waals surface area contributed by atoms with Gasteiger partial charge in [-0.15, -0.1) is 0 Å². The molecule has 0 saturated heterocycles. The fourth-order valence-corrected chi connectivity index (χ4v) is 3.01. The molecule has 1 N–H and O–H groups in total. The molecule has 0 aliphatic carbocycles. The second-order valence-electron chi connectivity index (χ2n) is 5.39. The first-order valence-corrected chi connectivity index (χ1v) is 7.87. The fourth-order valence-electron chi connectivity index (χ4n) is 3.01. The van der Waals surface area contributed by atoms with Gasteiger partial charge in [0.15, 0.2) is 0 Å².